The average molecular weight is 461 g/mol. The molecule has 13 heteroatoms. The third-order valence-electron chi connectivity index (χ3n) is 4.63. The van der Waals surface area contributed by atoms with E-state index in [1.807, 2.05) is 6.07 Å². The molecule has 1 aromatic heterocycles. The second kappa shape index (κ2) is 8.81. The molecular formula is C20H18F3N7O3. The quantitative estimate of drug-likeness (QED) is 0.677. The molecule has 172 valence electrons. The number of hydrogen-bond donors (Lipinski definition) is 2. The Morgan fingerprint density at radius 2 is 2.09 bits per heavy atom. The Bertz CT molecular complexity index is 1160. The number of hydrogen-bond acceptors (Lipinski definition) is 8. The van der Waals surface area contributed by atoms with Gasteiger partial charge in [0.05, 0.1) is 12.1 Å². The molecule has 2 aromatic rings. The van der Waals surface area contributed by atoms with E-state index in [-0.39, 0.29) is 24.1 Å². The molecule has 33 heavy (non-hydrogen) atoms. The number of amides is 1. The number of carbonyl (C=O) groups is 1. The number of carbonyl (C=O) groups excluding carboxylic acids is 1. The van der Waals surface area contributed by atoms with Gasteiger partial charge in [0.2, 0.25) is 0 Å². The van der Waals surface area contributed by atoms with Crippen LogP contribution in [0, 0.1) is 11.3 Å². The molecule has 4 rings (SSSR count). The number of nitrogens with one attached hydrogen (secondary N) is 2. The van der Waals surface area contributed by atoms with E-state index < -0.39 is 24.1 Å². The Kier molecular flexibility index (Phi) is 5.91. The zero-order valence-electron chi connectivity index (χ0n) is 17.3. The number of aromatic nitrogens is 3. The fraction of sp³-hybridized carbons (Fsp3) is 0.350. The summed E-state index contributed by atoms with van der Waals surface area (Å²) in [5, 5.41) is 18.6. The summed E-state index contributed by atoms with van der Waals surface area (Å²) in [5.41, 5.74) is 0.221. The molecule has 10 nitrogen and oxygen atoms in total. The third kappa shape index (κ3) is 5.59. The Morgan fingerprint density at radius 1 is 1.33 bits per heavy atom. The molecule has 2 heterocycles. The van der Waals surface area contributed by atoms with Crippen molar-refractivity contribution >= 4 is 11.7 Å². The number of nitrogens with zero attached hydrogens (tertiary/aromatic N) is 5. The zero-order valence-corrected chi connectivity index (χ0v) is 17.3. The highest BCUT2D eigenvalue weighted by Crippen LogP contribution is 2.32. The summed E-state index contributed by atoms with van der Waals surface area (Å²) in [6.07, 6.45) is -0.671. The molecule has 0 saturated heterocycles. The first-order chi connectivity index (χ1) is 15.7. The van der Waals surface area contributed by atoms with Crippen molar-refractivity contribution in [2.45, 2.75) is 38.3 Å². The van der Waals surface area contributed by atoms with Crippen molar-refractivity contribution in [1.29, 1.82) is 5.26 Å². The molecule has 0 radical (unpaired) electrons. The number of benzene rings is 1. The van der Waals surface area contributed by atoms with Gasteiger partial charge >= 0.3 is 6.36 Å². The largest absolute Gasteiger partial charge is 0.573 e. The zero-order chi connectivity index (χ0) is 23.6. The Labute approximate surface area is 185 Å². The molecule has 1 aliphatic heterocycles. The van der Waals surface area contributed by atoms with E-state index in [2.05, 4.69) is 30.4 Å². The Balaban J connectivity index is 1.54. The SMILES string of the molecule is C[C@H](NC(=O)c1cc(OC2CC2)cc(OC(F)(F)F)c1)c1ncnn1C1=NCNC(C#N)=C1. The van der Waals surface area contributed by atoms with Crippen molar-refractivity contribution in [2.75, 3.05) is 6.67 Å². The van der Waals surface area contributed by atoms with E-state index in [4.69, 9.17) is 10.00 Å². The van der Waals surface area contributed by atoms with Crippen LogP contribution in [0.1, 0.15) is 42.0 Å². The van der Waals surface area contributed by atoms with Crippen LogP contribution in [0.3, 0.4) is 0 Å². The molecular weight excluding hydrogens is 443 g/mol. The van der Waals surface area contributed by atoms with Gasteiger partial charge in [-0.05, 0) is 31.9 Å². The second-order valence-corrected chi connectivity index (χ2v) is 7.30. The van der Waals surface area contributed by atoms with E-state index in [1.54, 1.807) is 6.92 Å². The number of rotatable bonds is 6. The van der Waals surface area contributed by atoms with E-state index in [0.717, 1.165) is 25.0 Å². The van der Waals surface area contributed by atoms with Crippen LogP contribution < -0.4 is 20.1 Å². The Hall–Kier alpha value is -4.08. The van der Waals surface area contributed by atoms with Crippen molar-refractivity contribution in [2.24, 2.45) is 4.99 Å². The molecule has 1 fully saturated rings. The number of ether oxygens (including phenoxy) is 2. The maximum Gasteiger partial charge on any atom is 0.573 e. The highest BCUT2D eigenvalue weighted by Gasteiger charge is 2.32. The van der Waals surface area contributed by atoms with E-state index in [9.17, 15) is 18.0 Å². The number of aliphatic imine (C=N–C) groups is 1. The molecule has 1 amide bonds. The summed E-state index contributed by atoms with van der Waals surface area (Å²) in [6.45, 7) is 1.80. The van der Waals surface area contributed by atoms with Gasteiger partial charge in [0.1, 0.15) is 36.3 Å². The molecule has 0 spiro atoms. The predicted molar refractivity (Wildman–Crippen MR) is 107 cm³/mol. The molecule has 0 bridgehead atoms. The van der Waals surface area contributed by atoms with Gasteiger partial charge in [-0.1, -0.05) is 0 Å². The van der Waals surface area contributed by atoms with E-state index in [1.165, 1.54) is 23.2 Å². The maximum atomic E-state index is 12.9. The molecule has 2 N–H and O–H groups in total. The van der Waals surface area contributed by atoms with Gasteiger partial charge in [0, 0.05) is 17.7 Å². The minimum atomic E-state index is -4.92. The lowest BCUT2D eigenvalue weighted by Gasteiger charge is -2.17. The number of alkyl halides is 3. The van der Waals surface area contributed by atoms with Crippen LogP contribution in [0.2, 0.25) is 0 Å². The smallest absolute Gasteiger partial charge is 0.490 e. The van der Waals surface area contributed by atoms with Crippen LogP contribution in [0.15, 0.2) is 41.3 Å². The van der Waals surface area contributed by atoms with Crippen molar-refractivity contribution in [1.82, 2.24) is 25.4 Å². The summed E-state index contributed by atoms with van der Waals surface area (Å²) >= 11 is 0. The fourth-order valence-electron chi connectivity index (χ4n) is 3.04. The predicted octanol–water partition coefficient (Wildman–Crippen LogP) is 2.42. The molecule has 1 aromatic carbocycles. The van der Waals surface area contributed by atoms with E-state index >= 15 is 0 Å². The Morgan fingerprint density at radius 3 is 2.79 bits per heavy atom. The molecule has 1 atom stereocenters. The van der Waals surface area contributed by atoms with Crippen molar-refractivity contribution < 1.29 is 27.4 Å². The average Bonchev–Trinajstić information content (AvgIpc) is 3.43. The topological polar surface area (TPSA) is 126 Å². The van der Waals surface area contributed by atoms with E-state index in [0.29, 0.717) is 17.4 Å². The van der Waals surface area contributed by atoms with Gasteiger partial charge < -0.3 is 20.1 Å². The standard InChI is InChI=1S/C20H18F3N7O3/c1-11(18-27-10-28-30(18)17-6-13(8-24)25-9-26-17)29-19(31)12-4-15(32-14-2-3-14)7-16(5-12)33-20(21,22)23/h4-7,10-11,14,25H,2-3,9H2,1H3,(H,29,31)/t11-/m0/s1. The van der Waals surface area contributed by atoms with Crippen LogP contribution in [0.25, 0.3) is 0 Å². The minimum absolute atomic E-state index is 0.0730. The highest BCUT2D eigenvalue weighted by molar-refractivity contribution is 5.97. The lowest BCUT2D eigenvalue weighted by Crippen LogP contribution is -2.31. The lowest BCUT2D eigenvalue weighted by molar-refractivity contribution is -0.274. The van der Waals surface area contributed by atoms with Gasteiger partial charge in [0.25, 0.3) is 5.91 Å². The first-order valence-corrected chi connectivity index (χ1v) is 9.90. The molecule has 2 aliphatic rings. The summed E-state index contributed by atoms with van der Waals surface area (Å²) in [5.74, 6) is -0.446. The van der Waals surface area contributed by atoms with Crippen LogP contribution in [-0.4, -0.2) is 45.6 Å². The third-order valence-corrected chi connectivity index (χ3v) is 4.63. The van der Waals surface area contributed by atoms with Crippen molar-refractivity contribution in [3.8, 4) is 17.6 Å². The second-order valence-electron chi connectivity index (χ2n) is 7.30. The monoisotopic (exact) mass is 461 g/mol. The van der Waals surface area contributed by atoms with Crippen LogP contribution >= 0.6 is 0 Å². The van der Waals surface area contributed by atoms with Crippen molar-refractivity contribution in [3.63, 3.8) is 0 Å². The van der Waals surface area contributed by atoms with Gasteiger partial charge in [-0.3, -0.25) is 4.79 Å². The van der Waals surface area contributed by atoms with Crippen LogP contribution in [0.5, 0.6) is 11.5 Å². The van der Waals surface area contributed by atoms with Crippen LogP contribution in [-0.2, 0) is 0 Å². The summed E-state index contributed by atoms with van der Waals surface area (Å²) in [4.78, 5) is 21.2. The summed E-state index contributed by atoms with van der Waals surface area (Å²) < 4.78 is 49.1. The van der Waals surface area contributed by atoms with Gasteiger partial charge in [-0.15, -0.1) is 13.2 Å². The number of halogens is 3. The first kappa shape index (κ1) is 22.1. The molecule has 1 saturated carbocycles. The summed E-state index contributed by atoms with van der Waals surface area (Å²) in [7, 11) is 0. The van der Waals surface area contributed by atoms with Crippen LogP contribution in [0.4, 0.5) is 13.2 Å². The van der Waals surface area contributed by atoms with Gasteiger partial charge in [-0.2, -0.15) is 15.0 Å². The molecule has 1 aliphatic carbocycles. The maximum absolute atomic E-state index is 12.9. The van der Waals surface area contributed by atoms with Gasteiger partial charge in [0.15, 0.2) is 11.7 Å². The van der Waals surface area contributed by atoms with Gasteiger partial charge in [-0.25, -0.2) is 9.98 Å². The lowest BCUT2D eigenvalue weighted by atomic mass is 10.1. The minimum Gasteiger partial charge on any atom is -0.490 e. The fourth-order valence-corrected chi connectivity index (χ4v) is 3.04. The normalized spacial score (nSPS) is 16.6. The van der Waals surface area contributed by atoms with Crippen molar-refractivity contribution in [3.05, 3.63) is 47.7 Å². The molecule has 0 unspecified atom stereocenters. The highest BCUT2D eigenvalue weighted by atomic mass is 19.4. The number of allylic oxidation sites excluding steroid dienone is 2. The first-order valence-electron chi connectivity index (χ1n) is 9.90. The number of nitriles is 1. The summed E-state index contributed by atoms with van der Waals surface area (Å²) in [6, 6.07) is 4.71.